The Morgan fingerprint density at radius 3 is 2.58 bits per heavy atom. The molecule has 0 saturated heterocycles. The highest BCUT2D eigenvalue weighted by atomic mass is 16.2. The lowest BCUT2D eigenvalue weighted by molar-refractivity contribution is 0.233. The molecule has 1 aromatic rings. The van der Waals surface area contributed by atoms with Gasteiger partial charge >= 0.3 is 6.03 Å². The fourth-order valence-corrected chi connectivity index (χ4v) is 0.803. The number of aromatic nitrogens is 1. The maximum Gasteiger partial charge on any atom is 0.325 e. The molecule has 1 rings (SSSR count). The predicted octanol–water partition coefficient (Wildman–Crippen LogP) is 1.84. The number of rotatable bonds is 0. The van der Waals surface area contributed by atoms with Crippen LogP contribution in [-0.4, -0.2) is 16.1 Å². The summed E-state index contributed by atoms with van der Waals surface area (Å²) in [4.78, 5) is 11.5. The molecule has 0 atom stereocenters. The van der Waals surface area contributed by atoms with Crippen molar-refractivity contribution in [3.05, 3.63) is 24.5 Å². The normalized spacial score (nSPS) is 12.4. The van der Waals surface area contributed by atoms with Crippen molar-refractivity contribution in [1.29, 1.82) is 0 Å². The van der Waals surface area contributed by atoms with Crippen molar-refractivity contribution >= 4 is 6.03 Å². The molecule has 3 nitrogen and oxygen atoms in total. The second-order valence-corrected chi connectivity index (χ2v) is 3.69. The molecule has 0 aliphatic carbocycles. The van der Waals surface area contributed by atoms with E-state index < -0.39 is 0 Å². The standard InChI is InChI=1S/C9H14N2O/c1-9(2,3)10-8(12)11-6-4-5-7-11/h4-7H,1-3H3,(H,10,12)/i6D. The lowest BCUT2D eigenvalue weighted by Crippen LogP contribution is -2.42. The zero-order valence-corrected chi connectivity index (χ0v) is 7.59. The Hall–Kier alpha value is -1.25. The van der Waals surface area contributed by atoms with Gasteiger partial charge in [-0.2, -0.15) is 0 Å². The van der Waals surface area contributed by atoms with Crippen LogP contribution in [0.2, 0.25) is 0 Å². The first-order valence-electron chi connectivity index (χ1n) is 4.36. The number of carbonyl (C=O) groups is 1. The molecule has 0 radical (unpaired) electrons. The van der Waals surface area contributed by atoms with Gasteiger partial charge in [-0.05, 0) is 32.9 Å². The number of amides is 1. The molecule has 0 spiro atoms. The minimum absolute atomic E-state index is 0.196. The monoisotopic (exact) mass is 167 g/mol. The van der Waals surface area contributed by atoms with Crippen LogP contribution in [0.4, 0.5) is 4.79 Å². The van der Waals surface area contributed by atoms with Crippen molar-refractivity contribution < 1.29 is 6.17 Å². The Morgan fingerprint density at radius 2 is 2.17 bits per heavy atom. The average molecular weight is 167 g/mol. The summed E-state index contributed by atoms with van der Waals surface area (Å²) in [5.41, 5.74) is -0.270. The van der Waals surface area contributed by atoms with Crippen LogP contribution in [-0.2, 0) is 0 Å². The van der Waals surface area contributed by atoms with Crippen LogP contribution < -0.4 is 5.32 Å². The third-order valence-corrected chi connectivity index (χ3v) is 1.25. The van der Waals surface area contributed by atoms with Gasteiger partial charge < -0.3 is 5.32 Å². The molecule has 3 heteroatoms. The maximum absolute atomic E-state index is 11.5. The van der Waals surface area contributed by atoms with Gasteiger partial charge in [0.15, 0.2) is 0 Å². The molecular formula is C9H14N2O. The quantitative estimate of drug-likeness (QED) is 0.628. The van der Waals surface area contributed by atoms with Crippen molar-refractivity contribution in [1.82, 2.24) is 9.88 Å². The molecule has 1 N–H and O–H groups in total. The fraction of sp³-hybridized carbons (Fsp3) is 0.444. The van der Waals surface area contributed by atoms with Crippen molar-refractivity contribution in [3.63, 3.8) is 0 Å². The van der Waals surface area contributed by atoms with Crippen LogP contribution >= 0.6 is 0 Å². The molecule has 66 valence electrons. The van der Waals surface area contributed by atoms with E-state index in [0.717, 1.165) is 0 Å². The van der Waals surface area contributed by atoms with Crippen molar-refractivity contribution in [2.24, 2.45) is 0 Å². The van der Waals surface area contributed by atoms with Crippen LogP contribution in [0, 0.1) is 0 Å². The SMILES string of the molecule is [2H]c1cccn1C(=O)NC(C)(C)C. The van der Waals surface area contributed by atoms with Crippen LogP contribution in [0.3, 0.4) is 0 Å². The Bertz CT molecular complexity index is 312. The molecule has 0 aromatic carbocycles. The first-order chi connectivity index (χ1) is 5.90. The van der Waals surface area contributed by atoms with E-state index >= 15 is 0 Å². The third kappa shape index (κ3) is 2.42. The van der Waals surface area contributed by atoms with E-state index in [-0.39, 0.29) is 17.7 Å². The van der Waals surface area contributed by atoms with E-state index in [4.69, 9.17) is 1.37 Å². The average Bonchev–Trinajstić information content (AvgIpc) is 2.30. The first kappa shape index (κ1) is 7.40. The van der Waals surface area contributed by atoms with E-state index in [1.165, 1.54) is 4.57 Å². The summed E-state index contributed by atoms with van der Waals surface area (Å²) < 4.78 is 8.66. The summed E-state index contributed by atoms with van der Waals surface area (Å²) in [6, 6.07) is 2.98. The number of nitrogens with zero attached hydrogens (tertiary/aromatic N) is 1. The minimum atomic E-state index is -0.270. The fourth-order valence-electron chi connectivity index (χ4n) is 0.803. The Labute approximate surface area is 73.8 Å². The Balaban J connectivity index is 2.76. The molecule has 1 amide bonds. The number of hydrogen-bond donors (Lipinski definition) is 1. The van der Waals surface area contributed by atoms with Gasteiger partial charge in [0.25, 0.3) is 0 Å². The minimum Gasteiger partial charge on any atom is -0.333 e. The number of nitrogens with one attached hydrogen (secondary N) is 1. The lowest BCUT2D eigenvalue weighted by Gasteiger charge is -2.20. The van der Waals surface area contributed by atoms with Gasteiger partial charge in [-0.1, -0.05) is 0 Å². The molecule has 0 saturated carbocycles. The number of hydrogen-bond acceptors (Lipinski definition) is 1. The van der Waals surface area contributed by atoms with Gasteiger partial charge in [0.2, 0.25) is 0 Å². The summed E-state index contributed by atoms with van der Waals surface area (Å²) in [7, 11) is 0. The second kappa shape index (κ2) is 3.01. The Kier molecular flexibility index (Phi) is 1.86. The third-order valence-electron chi connectivity index (χ3n) is 1.25. The summed E-state index contributed by atoms with van der Waals surface area (Å²) in [6.45, 7) is 5.70. The van der Waals surface area contributed by atoms with E-state index in [2.05, 4.69) is 5.32 Å². The van der Waals surface area contributed by atoms with Crippen molar-refractivity contribution in [2.75, 3.05) is 0 Å². The Morgan fingerprint density at radius 1 is 1.50 bits per heavy atom. The van der Waals surface area contributed by atoms with Gasteiger partial charge in [0, 0.05) is 17.9 Å². The molecule has 1 heterocycles. The largest absolute Gasteiger partial charge is 0.333 e. The number of carbonyl (C=O) groups excluding carboxylic acids is 1. The van der Waals surface area contributed by atoms with Gasteiger partial charge in [-0.25, -0.2) is 4.79 Å². The van der Waals surface area contributed by atoms with E-state index in [9.17, 15) is 4.79 Å². The van der Waals surface area contributed by atoms with Gasteiger partial charge in [0.1, 0.15) is 0 Å². The summed E-state index contributed by atoms with van der Waals surface area (Å²) in [6.07, 6.45) is 1.77. The van der Waals surface area contributed by atoms with Crippen LogP contribution in [0.15, 0.2) is 24.5 Å². The molecular weight excluding hydrogens is 152 g/mol. The van der Waals surface area contributed by atoms with Gasteiger partial charge in [-0.15, -0.1) is 0 Å². The molecule has 0 aliphatic heterocycles. The van der Waals surface area contributed by atoms with E-state index in [1.54, 1.807) is 18.3 Å². The van der Waals surface area contributed by atoms with Gasteiger partial charge in [0.05, 0.1) is 1.37 Å². The predicted molar refractivity (Wildman–Crippen MR) is 48.1 cm³/mol. The highest BCUT2D eigenvalue weighted by Crippen LogP contribution is 1.99. The van der Waals surface area contributed by atoms with Crippen LogP contribution in [0.5, 0.6) is 0 Å². The second-order valence-electron chi connectivity index (χ2n) is 3.69. The van der Waals surface area contributed by atoms with Crippen molar-refractivity contribution in [3.8, 4) is 0 Å². The van der Waals surface area contributed by atoms with E-state index in [0.29, 0.717) is 0 Å². The zero-order valence-electron chi connectivity index (χ0n) is 8.59. The molecule has 1 aromatic heterocycles. The smallest absolute Gasteiger partial charge is 0.325 e. The first-order valence-corrected chi connectivity index (χ1v) is 3.86. The molecule has 0 bridgehead atoms. The summed E-state index contributed by atoms with van der Waals surface area (Å²) in [5.74, 6) is 0. The highest BCUT2D eigenvalue weighted by molar-refractivity contribution is 5.77. The van der Waals surface area contributed by atoms with E-state index in [1.807, 2.05) is 20.8 Å². The zero-order chi connectivity index (χ0) is 10.1. The summed E-state index contributed by atoms with van der Waals surface area (Å²) >= 11 is 0. The maximum atomic E-state index is 11.5. The van der Waals surface area contributed by atoms with Crippen LogP contribution in [0.1, 0.15) is 22.1 Å². The molecule has 0 unspecified atom stereocenters. The van der Waals surface area contributed by atoms with Crippen LogP contribution in [0.25, 0.3) is 0 Å². The highest BCUT2D eigenvalue weighted by Gasteiger charge is 2.13. The topological polar surface area (TPSA) is 34.0 Å². The lowest BCUT2D eigenvalue weighted by atomic mass is 10.1. The van der Waals surface area contributed by atoms with Gasteiger partial charge in [-0.3, -0.25) is 4.57 Å². The summed E-state index contributed by atoms with van der Waals surface area (Å²) in [5, 5.41) is 2.77. The molecule has 12 heavy (non-hydrogen) atoms. The van der Waals surface area contributed by atoms with Crippen molar-refractivity contribution in [2.45, 2.75) is 26.3 Å². The molecule has 0 aliphatic rings. The molecule has 0 fully saturated rings.